The number of fused-ring (bicyclic) bond motifs is 2. The van der Waals surface area contributed by atoms with Crippen LogP contribution in [0.15, 0.2) is 42.6 Å². The molecule has 2 aliphatic heterocycles. The molecule has 0 saturated carbocycles. The summed E-state index contributed by atoms with van der Waals surface area (Å²) in [6, 6.07) is 9.52. The molecule has 6 heteroatoms. The van der Waals surface area contributed by atoms with Gasteiger partial charge in [-0.2, -0.15) is 0 Å². The summed E-state index contributed by atoms with van der Waals surface area (Å²) in [4.78, 5) is 25.6. The summed E-state index contributed by atoms with van der Waals surface area (Å²) in [7, 11) is 1.25. The lowest BCUT2D eigenvalue weighted by molar-refractivity contribution is -0.155. The van der Waals surface area contributed by atoms with Gasteiger partial charge in [0, 0.05) is 0 Å². The molecule has 6 nitrogen and oxygen atoms in total. The SMILES string of the molecule is C=C1[C@H]2O[C@H](C(=O)OC)[C@H](O2)C(=O)N1Cc1ccccc1. The number of carbonyl (C=O) groups is 2. The molecule has 1 aromatic carbocycles. The highest BCUT2D eigenvalue weighted by molar-refractivity contribution is 5.91. The predicted octanol–water partition coefficient (Wildman–Crippen LogP) is 0.826. The van der Waals surface area contributed by atoms with Crippen LogP contribution in [-0.4, -0.2) is 42.4 Å². The number of nitrogens with zero attached hydrogens (tertiary/aromatic N) is 1. The fourth-order valence-electron chi connectivity index (χ4n) is 2.45. The van der Waals surface area contributed by atoms with Gasteiger partial charge < -0.3 is 19.1 Å². The Hall–Kier alpha value is -2.18. The van der Waals surface area contributed by atoms with Gasteiger partial charge in [-0.15, -0.1) is 0 Å². The normalized spacial score (nSPS) is 27.9. The van der Waals surface area contributed by atoms with Crippen molar-refractivity contribution >= 4 is 11.9 Å². The number of carbonyl (C=O) groups excluding carboxylic acids is 2. The molecule has 3 atom stereocenters. The molecule has 0 N–H and O–H groups in total. The van der Waals surface area contributed by atoms with E-state index in [0.29, 0.717) is 12.2 Å². The maximum atomic E-state index is 12.5. The Bertz CT molecular complexity index is 585. The molecule has 0 radical (unpaired) electrons. The molecule has 0 unspecified atom stereocenters. The zero-order valence-corrected chi connectivity index (χ0v) is 11.5. The fraction of sp³-hybridized carbons (Fsp3) is 0.333. The third kappa shape index (κ3) is 2.32. The van der Waals surface area contributed by atoms with E-state index in [1.807, 2.05) is 30.3 Å². The first kappa shape index (κ1) is 13.8. The molecule has 2 fully saturated rings. The lowest BCUT2D eigenvalue weighted by Crippen LogP contribution is -2.48. The molecule has 0 aliphatic carbocycles. The minimum atomic E-state index is -1.04. The second-order valence-corrected chi connectivity index (χ2v) is 4.87. The van der Waals surface area contributed by atoms with Gasteiger partial charge in [-0.05, 0) is 5.56 Å². The molecule has 0 spiro atoms. The van der Waals surface area contributed by atoms with E-state index in [0.717, 1.165) is 5.56 Å². The minimum Gasteiger partial charge on any atom is -0.467 e. The topological polar surface area (TPSA) is 65.1 Å². The van der Waals surface area contributed by atoms with Crippen molar-refractivity contribution in [3.8, 4) is 0 Å². The van der Waals surface area contributed by atoms with Crippen LogP contribution in [0.4, 0.5) is 0 Å². The van der Waals surface area contributed by atoms with Gasteiger partial charge in [0.25, 0.3) is 5.91 Å². The highest BCUT2D eigenvalue weighted by Crippen LogP contribution is 2.34. The van der Waals surface area contributed by atoms with Gasteiger partial charge in [0.1, 0.15) is 0 Å². The lowest BCUT2D eigenvalue weighted by Gasteiger charge is -2.32. The number of morpholine rings is 1. The quantitative estimate of drug-likeness (QED) is 0.771. The molecule has 2 aliphatic rings. The van der Waals surface area contributed by atoms with Crippen LogP contribution in [0.5, 0.6) is 0 Å². The van der Waals surface area contributed by atoms with Crippen molar-refractivity contribution in [2.75, 3.05) is 7.11 Å². The standard InChI is InChI=1S/C15H15NO5/c1-9-15-20-11(12(21-15)14(18)19-2)13(17)16(9)8-10-6-4-3-5-7-10/h3-7,11-12,15H,1,8H2,2H3/t11-,12-,15+/m0/s1. The van der Waals surface area contributed by atoms with Gasteiger partial charge in [0.15, 0.2) is 12.2 Å². The average molecular weight is 289 g/mol. The Kier molecular flexibility index (Phi) is 3.48. The van der Waals surface area contributed by atoms with Crippen LogP contribution in [0.25, 0.3) is 0 Å². The molecule has 0 aromatic heterocycles. The smallest absolute Gasteiger partial charge is 0.338 e. The van der Waals surface area contributed by atoms with Crippen molar-refractivity contribution in [3.63, 3.8) is 0 Å². The van der Waals surface area contributed by atoms with E-state index in [1.54, 1.807) is 0 Å². The van der Waals surface area contributed by atoms with Crippen LogP contribution < -0.4 is 0 Å². The van der Waals surface area contributed by atoms with Gasteiger partial charge in [-0.25, -0.2) is 4.79 Å². The third-order valence-electron chi connectivity index (χ3n) is 3.56. The Morgan fingerprint density at radius 1 is 1.33 bits per heavy atom. The number of amides is 1. The molecule has 110 valence electrons. The zero-order valence-electron chi connectivity index (χ0n) is 11.5. The highest BCUT2D eigenvalue weighted by atomic mass is 16.7. The summed E-state index contributed by atoms with van der Waals surface area (Å²) >= 11 is 0. The minimum absolute atomic E-state index is 0.340. The molecule has 2 saturated heterocycles. The summed E-state index contributed by atoms with van der Waals surface area (Å²) in [6.45, 7) is 4.21. The van der Waals surface area contributed by atoms with Crippen molar-refractivity contribution in [1.29, 1.82) is 0 Å². The Balaban J connectivity index is 1.83. The van der Waals surface area contributed by atoms with Crippen LogP contribution in [0, 0.1) is 0 Å². The summed E-state index contributed by atoms with van der Waals surface area (Å²) < 4.78 is 15.5. The molecule has 1 amide bonds. The average Bonchev–Trinajstić information content (AvgIpc) is 2.92. The van der Waals surface area contributed by atoms with Crippen LogP contribution in [0.2, 0.25) is 0 Å². The van der Waals surface area contributed by atoms with Gasteiger partial charge >= 0.3 is 5.97 Å². The zero-order chi connectivity index (χ0) is 15.0. The van der Waals surface area contributed by atoms with Crippen LogP contribution in [0.3, 0.4) is 0 Å². The number of ether oxygens (including phenoxy) is 3. The second-order valence-electron chi connectivity index (χ2n) is 4.87. The van der Waals surface area contributed by atoms with Gasteiger partial charge in [0.2, 0.25) is 6.29 Å². The molecule has 21 heavy (non-hydrogen) atoms. The number of rotatable bonds is 3. The van der Waals surface area contributed by atoms with E-state index in [1.165, 1.54) is 12.0 Å². The Morgan fingerprint density at radius 2 is 2.05 bits per heavy atom. The lowest BCUT2D eigenvalue weighted by atomic mass is 10.1. The Morgan fingerprint density at radius 3 is 2.71 bits per heavy atom. The maximum absolute atomic E-state index is 12.5. The van der Waals surface area contributed by atoms with Crippen molar-refractivity contribution in [2.45, 2.75) is 25.0 Å². The van der Waals surface area contributed by atoms with E-state index < -0.39 is 24.5 Å². The van der Waals surface area contributed by atoms with E-state index in [4.69, 9.17) is 9.47 Å². The second kappa shape index (κ2) is 5.31. The fourth-order valence-corrected chi connectivity index (χ4v) is 2.45. The number of hydrogen-bond acceptors (Lipinski definition) is 5. The Labute approximate surface area is 121 Å². The van der Waals surface area contributed by atoms with E-state index in [9.17, 15) is 9.59 Å². The third-order valence-corrected chi connectivity index (χ3v) is 3.56. The van der Waals surface area contributed by atoms with E-state index in [-0.39, 0.29) is 5.91 Å². The van der Waals surface area contributed by atoms with Gasteiger partial charge in [0.05, 0.1) is 19.4 Å². The first-order valence-corrected chi connectivity index (χ1v) is 6.54. The van der Waals surface area contributed by atoms with Crippen molar-refractivity contribution in [3.05, 3.63) is 48.2 Å². The van der Waals surface area contributed by atoms with Crippen molar-refractivity contribution in [2.24, 2.45) is 0 Å². The predicted molar refractivity (Wildman–Crippen MR) is 71.7 cm³/mol. The summed E-state index contributed by atoms with van der Waals surface area (Å²) in [5.41, 5.74) is 1.36. The number of methoxy groups -OCH3 is 1. The summed E-state index contributed by atoms with van der Waals surface area (Å²) in [6.07, 6.45) is -2.80. The van der Waals surface area contributed by atoms with E-state index in [2.05, 4.69) is 11.3 Å². The first-order chi connectivity index (χ1) is 10.1. The van der Waals surface area contributed by atoms with Crippen LogP contribution in [0.1, 0.15) is 5.56 Å². The van der Waals surface area contributed by atoms with Gasteiger partial charge in [-0.3, -0.25) is 4.79 Å². The van der Waals surface area contributed by atoms with E-state index >= 15 is 0 Å². The van der Waals surface area contributed by atoms with Crippen molar-refractivity contribution < 1.29 is 23.8 Å². The number of esters is 1. The molecule has 2 heterocycles. The first-order valence-electron chi connectivity index (χ1n) is 6.54. The maximum Gasteiger partial charge on any atom is 0.338 e. The summed E-state index contributed by atoms with van der Waals surface area (Å²) in [5.74, 6) is -0.960. The van der Waals surface area contributed by atoms with Crippen LogP contribution >= 0.6 is 0 Å². The van der Waals surface area contributed by atoms with Gasteiger partial charge in [-0.1, -0.05) is 36.9 Å². The van der Waals surface area contributed by atoms with Crippen molar-refractivity contribution in [1.82, 2.24) is 4.90 Å². The molecule has 2 bridgehead atoms. The molecule has 1 aromatic rings. The monoisotopic (exact) mass is 289 g/mol. The molecule has 3 rings (SSSR count). The molecular weight excluding hydrogens is 274 g/mol. The number of hydrogen-bond donors (Lipinski definition) is 0. The van der Waals surface area contributed by atoms with Crippen LogP contribution in [-0.2, 0) is 30.3 Å². The highest BCUT2D eigenvalue weighted by Gasteiger charge is 2.53. The largest absolute Gasteiger partial charge is 0.467 e. The number of benzene rings is 1. The molecular formula is C15H15NO5. The summed E-state index contributed by atoms with van der Waals surface area (Å²) in [5, 5.41) is 0.